The number of carbonyl (C=O) groups excluding carboxylic acids is 3. The maximum absolute atomic E-state index is 13.8. The van der Waals surface area contributed by atoms with Crippen molar-refractivity contribution in [2.75, 3.05) is 23.9 Å². The molecule has 3 aromatic rings. The first-order valence-corrected chi connectivity index (χ1v) is 12.0. The Morgan fingerprint density at radius 1 is 0.973 bits per heavy atom. The normalized spacial score (nSPS) is 15.2. The first-order chi connectivity index (χ1) is 17.7. The van der Waals surface area contributed by atoms with E-state index < -0.39 is 23.5 Å². The van der Waals surface area contributed by atoms with Crippen LogP contribution in [0.1, 0.15) is 31.9 Å². The Bertz CT molecular complexity index is 1350. The number of hydrogen-bond acceptors (Lipinski definition) is 5. The van der Waals surface area contributed by atoms with Crippen molar-refractivity contribution in [1.82, 2.24) is 5.32 Å². The summed E-state index contributed by atoms with van der Waals surface area (Å²) in [5.41, 5.74) is 2.42. The second-order valence-corrected chi connectivity index (χ2v) is 9.69. The van der Waals surface area contributed by atoms with Gasteiger partial charge < -0.3 is 20.3 Å². The Balaban J connectivity index is 1.74. The number of urea groups is 1. The molecule has 8 heteroatoms. The highest BCUT2D eigenvalue weighted by molar-refractivity contribution is 6.21. The summed E-state index contributed by atoms with van der Waals surface area (Å²) in [5.74, 6) is -0.0368. The number of aliphatic imine (C=N–C) groups is 1. The molecule has 37 heavy (non-hydrogen) atoms. The van der Waals surface area contributed by atoms with E-state index in [-0.39, 0.29) is 12.3 Å². The van der Waals surface area contributed by atoms with E-state index >= 15 is 0 Å². The molecule has 0 unspecified atom stereocenters. The third kappa shape index (κ3) is 5.86. The number of ketones is 1. The van der Waals surface area contributed by atoms with Crippen molar-refractivity contribution >= 4 is 34.8 Å². The Morgan fingerprint density at radius 2 is 1.68 bits per heavy atom. The zero-order valence-corrected chi connectivity index (χ0v) is 21.3. The minimum atomic E-state index is -1.26. The number of amides is 3. The van der Waals surface area contributed by atoms with Crippen LogP contribution in [-0.2, 0) is 9.59 Å². The highest BCUT2D eigenvalue weighted by Gasteiger charge is 2.35. The number of nitrogens with zero attached hydrogens (tertiary/aromatic N) is 2. The molecule has 0 radical (unpaired) electrons. The predicted molar refractivity (Wildman–Crippen MR) is 144 cm³/mol. The largest absolute Gasteiger partial charge is 0.497 e. The summed E-state index contributed by atoms with van der Waals surface area (Å²) in [5, 5.41) is 5.41. The third-order valence-corrected chi connectivity index (χ3v) is 5.99. The molecule has 1 atom stereocenters. The maximum atomic E-state index is 13.8. The van der Waals surface area contributed by atoms with Crippen molar-refractivity contribution < 1.29 is 19.1 Å². The molecule has 4 rings (SSSR count). The monoisotopic (exact) mass is 498 g/mol. The molecule has 1 aliphatic rings. The zero-order valence-electron chi connectivity index (χ0n) is 21.3. The molecule has 0 saturated heterocycles. The van der Waals surface area contributed by atoms with Gasteiger partial charge in [0.05, 0.1) is 25.1 Å². The van der Waals surface area contributed by atoms with Crippen molar-refractivity contribution in [3.8, 4) is 5.75 Å². The number of anilines is 2. The number of benzene rings is 3. The highest BCUT2D eigenvalue weighted by atomic mass is 16.5. The number of ether oxygens (including phenoxy) is 1. The molecule has 0 aromatic heterocycles. The Kier molecular flexibility index (Phi) is 7.38. The number of rotatable bonds is 6. The van der Waals surface area contributed by atoms with E-state index in [2.05, 4.69) is 10.6 Å². The van der Waals surface area contributed by atoms with Crippen LogP contribution in [0.5, 0.6) is 5.75 Å². The first-order valence-electron chi connectivity index (χ1n) is 12.0. The van der Waals surface area contributed by atoms with Gasteiger partial charge in [-0.3, -0.25) is 9.59 Å². The summed E-state index contributed by atoms with van der Waals surface area (Å²) >= 11 is 0. The third-order valence-electron chi connectivity index (χ3n) is 5.99. The van der Waals surface area contributed by atoms with Crippen molar-refractivity contribution in [3.05, 3.63) is 90.0 Å². The predicted octanol–water partition coefficient (Wildman–Crippen LogP) is 4.64. The quantitative estimate of drug-likeness (QED) is 0.517. The molecule has 190 valence electrons. The van der Waals surface area contributed by atoms with E-state index in [1.54, 1.807) is 30.3 Å². The maximum Gasteiger partial charge on any atom is 0.321 e. The van der Waals surface area contributed by atoms with Crippen LogP contribution in [0.4, 0.5) is 16.2 Å². The molecule has 0 bridgehead atoms. The van der Waals surface area contributed by atoms with Crippen molar-refractivity contribution in [2.45, 2.75) is 26.9 Å². The van der Waals surface area contributed by atoms with Gasteiger partial charge in [0.2, 0.25) is 6.17 Å². The van der Waals surface area contributed by atoms with Gasteiger partial charge in [0.15, 0.2) is 5.78 Å². The molecule has 0 spiro atoms. The van der Waals surface area contributed by atoms with Crippen LogP contribution in [-0.4, -0.2) is 43.3 Å². The number of nitrogens with one attached hydrogen (secondary N) is 2. The van der Waals surface area contributed by atoms with E-state index in [0.29, 0.717) is 28.4 Å². The minimum absolute atomic E-state index is 0.113. The Labute approximate surface area is 216 Å². The van der Waals surface area contributed by atoms with Crippen molar-refractivity contribution in [2.24, 2.45) is 10.4 Å². The van der Waals surface area contributed by atoms with Crippen LogP contribution in [0, 0.1) is 5.41 Å². The number of fused-ring (bicyclic) bond motifs is 1. The van der Waals surface area contributed by atoms with Crippen LogP contribution < -0.4 is 20.3 Å². The molecular formula is C29H30N4O4. The van der Waals surface area contributed by atoms with Crippen molar-refractivity contribution in [3.63, 3.8) is 0 Å². The molecule has 2 N–H and O–H groups in total. The molecule has 1 aliphatic heterocycles. The molecule has 0 aliphatic carbocycles. The van der Waals surface area contributed by atoms with E-state index in [1.807, 2.05) is 69.3 Å². The van der Waals surface area contributed by atoms with Gasteiger partial charge in [0.25, 0.3) is 5.91 Å². The number of Topliss-reactive ketones (excluding diaryl/α,β-unsaturated/α-hetero) is 1. The van der Waals surface area contributed by atoms with Gasteiger partial charge in [-0.1, -0.05) is 75.4 Å². The second kappa shape index (κ2) is 10.7. The lowest BCUT2D eigenvalue weighted by Crippen LogP contribution is -2.50. The highest BCUT2D eigenvalue weighted by Crippen LogP contribution is 2.29. The lowest BCUT2D eigenvalue weighted by atomic mass is 9.90. The fourth-order valence-corrected chi connectivity index (χ4v) is 3.89. The molecule has 1 heterocycles. The fraction of sp³-hybridized carbons (Fsp3) is 0.241. The van der Waals surface area contributed by atoms with Crippen LogP contribution in [0.2, 0.25) is 0 Å². The average Bonchev–Trinajstić information content (AvgIpc) is 2.99. The van der Waals surface area contributed by atoms with Crippen molar-refractivity contribution in [1.29, 1.82) is 0 Å². The van der Waals surface area contributed by atoms with Gasteiger partial charge in [-0.2, -0.15) is 0 Å². The summed E-state index contributed by atoms with van der Waals surface area (Å²) < 4.78 is 5.21. The van der Waals surface area contributed by atoms with Gasteiger partial charge in [0.1, 0.15) is 5.75 Å². The van der Waals surface area contributed by atoms with E-state index in [0.717, 1.165) is 5.56 Å². The molecule has 0 saturated carbocycles. The zero-order chi connectivity index (χ0) is 26.6. The summed E-state index contributed by atoms with van der Waals surface area (Å²) in [6.45, 7) is 5.29. The Morgan fingerprint density at radius 3 is 2.38 bits per heavy atom. The van der Waals surface area contributed by atoms with Gasteiger partial charge in [-0.25, -0.2) is 9.79 Å². The fourth-order valence-electron chi connectivity index (χ4n) is 3.89. The van der Waals surface area contributed by atoms with Crippen LogP contribution in [0.3, 0.4) is 0 Å². The van der Waals surface area contributed by atoms with Gasteiger partial charge >= 0.3 is 6.03 Å². The molecular weight excluding hydrogens is 468 g/mol. The number of hydrogen-bond donors (Lipinski definition) is 2. The summed E-state index contributed by atoms with van der Waals surface area (Å²) in [6.07, 6.45) is -1.26. The van der Waals surface area contributed by atoms with Crippen LogP contribution in [0.15, 0.2) is 83.9 Å². The standard InChI is InChI=1S/C29H30N4O4/c1-29(2,3)24(34)18-33-23-16-9-8-15-22(23)25(19-11-6-5-7-12-19)31-26(27(33)35)32-28(36)30-20-13-10-14-21(17-20)37-4/h5-17,26H,18H2,1-4H3,(H2,30,32,36)/t26-/m0/s1. The lowest BCUT2D eigenvalue weighted by Gasteiger charge is -2.28. The van der Waals surface area contributed by atoms with Crippen LogP contribution in [0.25, 0.3) is 0 Å². The smallest absolute Gasteiger partial charge is 0.321 e. The lowest BCUT2D eigenvalue weighted by molar-refractivity contribution is -0.127. The number of methoxy groups -OCH3 is 1. The van der Waals surface area contributed by atoms with Gasteiger partial charge in [-0.05, 0) is 18.2 Å². The molecule has 8 nitrogen and oxygen atoms in total. The number of benzodiazepines with no additional fused rings is 1. The SMILES string of the molecule is COc1cccc(NC(=O)N[C@@H]2N=C(c3ccccc3)c3ccccc3N(CC(=O)C(C)(C)C)C2=O)c1. The van der Waals surface area contributed by atoms with Gasteiger partial charge in [-0.15, -0.1) is 0 Å². The minimum Gasteiger partial charge on any atom is -0.497 e. The van der Waals surface area contributed by atoms with Crippen LogP contribution >= 0.6 is 0 Å². The van der Waals surface area contributed by atoms with E-state index in [1.165, 1.54) is 12.0 Å². The van der Waals surface area contributed by atoms with Gasteiger partial charge in [0, 0.05) is 28.3 Å². The second-order valence-electron chi connectivity index (χ2n) is 9.69. The Hall–Kier alpha value is -4.46. The topological polar surface area (TPSA) is 100 Å². The number of carbonyl (C=O) groups is 3. The number of para-hydroxylation sites is 1. The van der Waals surface area contributed by atoms with E-state index in [9.17, 15) is 14.4 Å². The first kappa shape index (κ1) is 25.6. The summed E-state index contributed by atoms with van der Waals surface area (Å²) in [4.78, 5) is 46.0. The molecule has 0 fully saturated rings. The molecule has 3 aromatic carbocycles. The molecule has 3 amide bonds. The summed E-state index contributed by atoms with van der Waals surface area (Å²) in [7, 11) is 1.54. The van der Waals surface area contributed by atoms with E-state index in [4.69, 9.17) is 9.73 Å². The summed E-state index contributed by atoms with van der Waals surface area (Å²) in [6, 6.07) is 23.0. The average molecular weight is 499 g/mol.